The Morgan fingerprint density at radius 2 is 2.17 bits per heavy atom. The van der Waals surface area contributed by atoms with E-state index in [0.29, 0.717) is 23.6 Å². The number of alkyl halides is 3. The maximum atomic E-state index is 13.5. The van der Waals surface area contributed by atoms with Gasteiger partial charge in [-0.25, -0.2) is 4.98 Å². The van der Waals surface area contributed by atoms with Crippen LogP contribution in [0.1, 0.15) is 42.5 Å². The average Bonchev–Trinajstić information content (AvgIpc) is 3.37. The van der Waals surface area contributed by atoms with Crippen LogP contribution in [0.15, 0.2) is 28.9 Å². The lowest BCUT2D eigenvalue weighted by molar-refractivity contribution is -0.142. The largest absolute Gasteiger partial charge is 0.463 e. The minimum atomic E-state index is -4.71. The zero-order valence-electron chi connectivity index (χ0n) is 16.3. The highest BCUT2D eigenvalue weighted by Gasteiger charge is 2.36. The van der Waals surface area contributed by atoms with Gasteiger partial charge in [-0.2, -0.15) is 22.7 Å². The lowest BCUT2D eigenvalue weighted by Gasteiger charge is -2.33. The summed E-state index contributed by atoms with van der Waals surface area (Å²) in [6, 6.07) is 4.30. The number of aromatic nitrogens is 4. The van der Waals surface area contributed by atoms with Crippen molar-refractivity contribution in [2.45, 2.75) is 38.4 Å². The molecule has 0 unspecified atom stereocenters. The fourth-order valence-electron chi connectivity index (χ4n) is 3.60. The van der Waals surface area contributed by atoms with Gasteiger partial charge in [0, 0.05) is 19.1 Å². The van der Waals surface area contributed by atoms with Crippen LogP contribution in [0.4, 0.5) is 13.2 Å². The van der Waals surface area contributed by atoms with E-state index in [4.69, 9.17) is 4.42 Å². The number of carbonyl (C=O) groups excluding carboxylic acids is 1. The molecule has 1 aliphatic rings. The van der Waals surface area contributed by atoms with Crippen LogP contribution in [-0.2, 0) is 6.18 Å². The number of fused-ring (bicyclic) bond motifs is 1. The Kier molecular flexibility index (Phi) is 5.46. The van der Waals surface area contributed by atoms with Crippen molar-refractivity contribution >= 4 is 11.7 Å². The molecule has 1 atom stereocenters. The summed E-state index contributed by atoms with van der Waals surface area (Å²) in [6.45, 7) is 4.13. The van der Waals surface area contributed by atoms with Gasteiger partial charge < -0.3 is 9.73 Å². The van der Waals surface area contributed by atoms with Crippen LogP contribution in [0.25, 0.3) is 17.2 Å². The highest BCUT2D eigenvalue weighted by Crippen LogP contribution is 2.31. The van der Waals surface area contributed by atoms with Gasteiger partial charge in [0.25, 0.3) is 11.7 Å². The minimum absolute atomic E-state index is 0.0433. The van der Waals surface area contributed by atoms with Crippen LogP contribution < -0.4 is 5.32 Å². The Bertz CT molecular complexity index is 1030. The van der Waals surface area contributed by atoms with Crippen LogP contribution in [0, 0.1) is 0 Å². The first-order valence-corrected chi connectivity index (χ1v) is 9.74. The fraction of sp³-hybridized carbons (Fsp3) is 0.474. The second-order valence-corrected chi connectivity index (χ2v) is 7.29. The molecule has 4 heterocycles. The molecule has 0 spiro atoms. The number of piperidine rings is 1. The molecule has 3 aromatic heterocycles. The normalized spacial score (nSPS) is 18.1. The molecular formula is C19H21F3N6O2. The first-order chi connectivity index (χ1) is 14.3. The Morgan fingerprint density at radius 1 is 1.33 bits per heavy atom. The van der Waals surface area contributed by atoms with Crippen molar-refractivity contribution in [1.82, 2.24) is 29.8 Å². The van der Waals surface area contributed by atoms with E-state index in [9.17, 15) is 18.0 Å². The summed E-state index contributed by atoms with van der Waals surface area (Å²) in [5.41, 5.74) is -1.13. The smallest absolute Gasteiger partial charge is 0.433 e. The predicted molar refractivity (Wildman–Crippen MR) is 101 cm³/mol. The molecule has 0 saturated carbocycles. The van der Waals surface area contributed by atoms with Crippen molar-refractivity contribution in [1.29, 1.82) is 0 Å². The summed E-state index contributed by atoms with van der Waals surface area (Å²) >= 11 is 0. The van der Waals surface area contributed by atoms with E-state index >= 15 is 0 Å². The average molecular weight is 422 g/mol. The van der Waals surface area contributed by atoms with Gasteiger partial charge in [-0.1, -0.05) is 6.42 Å². The van der Waals surface area contributed by atoms with E-state index < -0.39 is 17.8 Å². The lowest BCUT2D eigenvalue weighted by Crippen LogP contribution is -2.42. The third kappa shape index (κ3) is 4.16. The molecule has 3 aromatic rings. The second kappa shape index (κ2) is 8.05. The molecule has 1 aliphatic heterocycles. The van der Waals surface area contributed by atoms with Gasteiger partial charge in [0.05, 0.1) is 6.26 Å². The maximum Gasteiger partial charge on any atom is 0.433 e. The summed E-state index contributed by atoms with van der Waals surface area (Å²) in [4.78, 5) is 22.7. The van der Waals surface area contributed by atoms with E-state index in [2.05, 4.69) is 32.2 Å². The molecule has 1 amide bonds. The standard InChI is InChI=1S/C19H21F3N6O2/c1-12-5-2-3-8-27(12)9-7-23-17(29)16-25-18-24-13(14-6-4-10-30-14)11-15(19(20,21)22)28(18)26-16/h4,6,10-12H,2-3,5,7-9H2,1H3,(H,23,29)/t12-/m1/s1. The molecule has 30 heavy (non-hydrogen) atoms. The number of furan rings is 1. The van der Waals surface area contributed by atoms with Crippen molar-refractivity contribution in [2.75, 3.05) is 19.6 Å². The van der Waals surface area contributed by atoms with Gasteiger partial charge in [-0.15, -0.1) is 5.10 Å². The number of halogens is 3. The Labute approximate surface area is 170 Å². The van der Waals surface area contributed by atoms with Crippen LogP contribution >= 0.6 is 0 Å². The second-order valence-electron chi connectivity index (χ2n) is 7.29. The topological polar surface area (TPSA) is 88.6 Å². The number of hydrogen-bond acceptors (Lipinski definition) is 6. The number of amides is 1. The van der Waals surface area contributed by atoms with Crippen molar-refractivity contribution in [3.8, 4) is 11.5 Å². The molecular weight excluding hydrogens is 401 g/mol. The molecule has 1 fully saturated rings. The number of nitrogens with one attached hydrogen (secondary N) is 1. The first kappa shape index (κ1) is 20.3. The molecule has 1 N–H and O–H groups in total. The third-order valence-electron chi connectivity index (χ3n) is 5.20. The zero-order chi connectivity index (χ0) is 21.3. The molecule has 11 heteroatoms. The van der Waals surface area contributed by atoms with Gasteiger partial charge in [-0.05, 0) is 44.5 Å². The number of carbonyl (C=O) groups is 1. The summed E-state index contributed by atoms with van der Waals surface area (Å²) in [6.07, 6.45) is 0.0560. The monoisotopic (exact) mass is 422 g/mol. The summed E-state index contributed by atoms with van der Waals surface area (Å²) in [7, 11) is 0. The van der Waals surface area contributed by atoms with E-state index in [1.54, 1.807) is 6.07 Å². The van der Waals surface area contributed by atoms with Gasteiger partial charge in [0.15, 0.2) is 11.5 Å². The van der Waals surface area contributed by atoms with Gasteiger partial charge >= 0.3 is 6.18 Å². The fourth-order valence-corrected chi connectivity index (χ4v) is 3.60. The Balaban J connectivity index is 1.55. The third-order valence-corrected chi connectivity index (χ3v) is 5.20. The number of hydrogen-bond donors (Lipinski definition) is 1. The van der Waals surface area contributed by atoms with E-state index in [1.165, 1.54) is 18.8 Å². The minimum Gasteiger partial charge on any atom is -0.463 e. The van der Waals surface area contributed by atoms with E-state index in [1.807, 2.05) is 0 Å². The number of nitrogens with zero attached hydrogens (tertiary/aromatic N) is 5. The van der Waals surface area contributed by atoms with Crippen molar-refractivity contribution in [3.05, 3.63) is 36.0 Å². The first-order valence-electron chi connectivity index (χ1n) is 9.74. The van der Waals surface area contributed by atoms with Crippen LogP contribution in [-0.4, -0.2) is 56.1 Å². The van der Waals surface area contributed by atoms with Gasteiger partial charge in [0.2, 0.25) is 5.82 Å². The molecule has 0 aromatic carbocycles. The number of rotatable bonds is 5. The molecule has 0 radical (unpaired) electrons. The van der Waals surface area contributed by atoms with Crippen LogP contribution in [0.5, 0.6) is 0 Å². The van der Waals surface area contributed by atoms with Gasteiger partial charge in [0.1, 0.15) is 5.69 Å². The zero-order valence-corrected chi connectivity index (χ0v) is 16.3. The highest BCUT2D eigenvalue weighted by molar-refractivity contribution is 5.90. The van der Waals surface area contributed by atoms with E-state index in [0.717, 1.165) is 25.5 Å². The van der Waals surface area contributed by atoms with Gasteiger partial charge in [-0.3, -0.25) is 9.69 Å². The molecule has 1 saturated heterocycles. The quantitative estimate of drug-likeness (QED) is 0.680. The van der Waals surface area contributed by atoms with E-state index in [-0.39, 0.29) is 23.1 Å². The van der Waals surface area contributed by atoms with Crippen molar-refractivity contribution in [3.63, 3.8) is 0 Å². The van der Waals surface area contributed by atoms with Crippen molar-refractivity contribution in [2.24, 2.45) is 0 Å². The predicted octanol–water partition coefficient (Wildman–Crippen LogP) is 3.01. The molecule has 0 aliphatic carbocycles. The molecule has 0 bridgehead atoms. The molecule has 160 valence electrons. The SMILES string of the molecule is C[C@@H]1CCCCN1CCNC(=O)c1nc2nc(-c3ccco3)cc(C(F)(F)F)n2n1. The summed E-state index contributed by atoms with van der Waals surface area (Å²) < 4.78 is 46.3. The maximum absolute atomic E-state index is 13.5. The molecule has 4 rings (SSSR count). The molecule has 8 nitrogen and oxygen atoms in total. The Morgan fingerprint density at radius 3 is 2.87 bits per heavy atom. The lowest BCUT2D eigenvalue weighted by atomic mass is 10.0. The highest BCUT2D eigenvalue weighted by atomic mass is 19.4. The van der Waals surface area contributed by atoms with Crippen LogP contribution in [0.3, 0.4) is 0 Å². The number of likely N-dealkylation sites (tertiary alicyclic amines) is 1. The van der Waals surface area contributed by atoms with Crippen LogP contribution in [0.2, 0.25) is 0 Å². The Hall–Kier alpha value is -2.95. The summed E-state index contributed by atoms with van der Waals surface area (Å²) in [5, 5.41) is 6.43. The summed E-state index contributed by atoms with van der Waals surface area (Å²) in [5.74, 6) is -1.17. The van der Waals surface area contributed by atoms with Crippen molar-refractivity contribution < 1.29 is 22.4 Å².